The van der Waals surface area contributed by atoms with Crippen LogP contribution in [0.5, 0.6) is 0 Å². The maximum absolute atomic E-state index is 4.74. The number of benzene rings is 1. The number of aromatic amines is 1. The molecule has 3 aromatic rings. The third-order valence-electron chi connectivity index (χ3n) is 4.02. The maximum Gasteiger partial charge on any atom is 0.161 e. The number of anilines is 1. The zero-order valence-corrected chi connectivity index (χ0v) is 14.3. The lowest BCUT2D eigenvalue weighted by Crippen LogP contribution is -2.31. The molecule has 0 radical (unpaired) electrons. The van der Waals surface area contributed by atoms with Gasteiger partial charge in [-0.15, -0.1) is 0 Å². The SMILES string of the molecule is Cc1nc2c([nH]1)CN(c1ccnc(-c3ccc(Br)cc3)n1)CC2. The lowest BCUT2D eigenvalue weighted by Gasteiger charge is -2.27. The molecule has 1 aliphatic heterocycles. The van der Waals surface area contributed by atoms with Crippen LogP contribution >= 0.6 is 15.9 Å². The van der Waals surface area contributed by atoms with Crippen LogP contribution in [0, 0.1) is 6.92 Å². The molecule has 0 saturated carbocycles. The first-order valence-corrected chi connectivity index (χ1v) is 8.36. The normalized spacial score (nSPS) is 13.9. The molecule has 4 rings (SSSR count). The van der Waals surface area contributed by atoms with Crippen LogP contribution in [0.25, 0.3) is 11.4 Å². The molecule has 0 aliphatic carbocycles. The second-order valence-corrected chi connectivity index (χ2v) is 6.58. The molecule has 5 nitrogen and oxygen atoms in total. The Morgan fingerprint density at radius 2 is 1.96 bits per heavy atom. The number of hydrogen-bond donors (Lipinski definition) is 1. The first kappa shape index (κ1) is 14.4. The number of halogens is 1. The van der Waals surface area contributed by atoms with Gasteiger partial charge in [0.2, 0.25) is 0 Å². The highest BCUT2D eigenvalue weighted by Gasteiger charge is 2.20. The highest BCUT2D eigenvalue weighted by Crippen LogP contribution is 2.24. The predicted octanol–water partition coefficient (Wildman–Crippen LogP) is 3.50. The average Bonchev–Trinajstić information content (AvgIpc) is 2.95. The molecule has 116 valence electrons. The van der Waals surface area contributed by atoms with E-state index >= 15 is 0 Å². The van der Waals surface area contributed by atoms with Gasteiger partial charge in [0, 0.05) is 29.2 Å². The number of H-pyrrole nitrogens is 1. The van der Waals surface area contributed by atoms with Crippen LogP contribution in [-0.4, -0.2) is 26.5 Å². The standard InChI is InChI=1S/C17H16BrN5/c1-11-20-14-7-9-23(10-15(14)21-11)16-6-8-19-17(22-16)12-2-4-13(18)5-3-12/h2-6,8H,7,9-10H2,1H3,(H,20,21). The smallest absolute Gasteiger partial charge is 0.161 e. The van der Waals surface area contributed by atoms with E-state index in [1.54, 1.807) is 0 Å². The van der Waals surface area contributed by atoms with Gasteiger partial charge in [-0.2, -0.15) is 0 Å². The molecule has 0 saturated heterocycles. The Morgan fingerprint density at radius 1 is 1.13 bits per heavy atom. The van der Waals surface area contributed by atoms with E-state index in [1.165, 1.54) is 11.4 Å². The van der Waals surface area contributed by atoms with Crippen molar-refractivity contribution in [1.29, 1.82) is 0 Å². The minimum atomic E-state index is 0.751. The van der Waals surface area contributed by atoms with Crippen molar-refractivity contribution < 1.29 is 0 Å². The number of nitrogens with zero attached hydrogens (tertiary/aromatic N) is 4. The molecule has 3 heterocycles. The minimum Gasteiger partial charge on any atom is -0.350 e. The van der Waals surface area contributed by atoms with E-state index in [4.69, 9.17) is 4.98 Å². The van der Waals surface area contributed by atoms with Crippen molar-refractivity contribution in [3.8, 4) is 11.4 Å². The Kier molecular flexibility index (Phi) is 3.61. The van der Waals surface area contributed by atoms with E-state index in [-0.39, 0.29) is 0 Å². The summed E-state index contributed by atoms with van der Waals surface area (Å²) >= 11 is 3.45. The van der Waals surface area contributed by atoms with Crippen molar-refractivity contribution in [3.63, 3.8) is 0 Å². The third kappa shape index (κ3) is 2.86. The largest absolute Gasteiger partial charge is 0.350 e. The zero-order valence-electron chi connectivity index (χ0n) is 12.8. The Hall–Kier alpha value is -2.21. The molecule has 0 bridgehead atoms. The first-order valence-electron chi connectivity index (χ1n) is 7.57. The molecule has 6 heteroatoms. The number of hydrogen-bond acceptors (Lipinski definition) is 4. The summed E-state index contributed by atoms with van der Waals surface area (Å²) in [7, 11) is 0. The number of nitrogens with one attached hydrogen (secondary N) is 1. The number of aromatic nitrogens is 4. The second kappa shape index (κ2) is 5.77. The summed E-state index contributed by atoms with van der Waals surface area (Å²) < 4.78 is 1.05. The highest BCUT2D eigenvalue weighted by molar-refractivity contribution is 9.10. The molecule has 0 unspecified atom stereocenters. The van der Waals surface area contributed by atoms with Gasteiger partial charge in [0.15, 0.2) is 5.82 Å². The molecule has 0 amide bonds. The molecule has 2 aromatic heterocycles. The Balaban J connectivity index is 1.63. The summed E-state index contributed by atoms with van der Waals surface area (Å²) in [6.07, 6.45) is 2.77. The van der Waals surface area contributed by atoms with E-state index in [0.717, 1.165) is 47.0 Å². The summed E-state index contributed by atoms with van der Waals surface area (Å²) in [5.41, 5.74) is 3.39. The molecule has 1 aliphatic rings. The lowest BCUT2D eigenvalue weighted by atomic mass is 10.1. The maximum atomic E-state index is 4.74. The van der Waals surface area contributed by atoms with Gasteiger partial charge < -0.3 is 9.88 Å². The summed E-state index contributed by atoms with van der Waals surface area (Å²) in [6.45, 7) is 3.74. The van der Waals surface area contributed by atoms with Crippen molar-refractivity contribution in [2.75, 3.05) is 11.4 Å². The lowest BCUT2D eigenvalue weighted by molar-refractivity contribution is 0.700. The van der Waals surface area contributed by atoms with Crippen LogP contribution in [0.1, 0.15) is 17.2 Å². The number of rotatable bonds is 2. The van der Waals surface area contributed by atoms with Gasteiger partial charge in [0.05, 0.1) is 17.9 Å². The van der Waals surface area contributed by atoms with Gasteiger partial charge >= 0.3 is 0 Å². The fourth-order valence-electron chi connectivity index (χ4n) is 2.90. The van der Waals surface area contributed by atoms with Gasteiger partial charge in [0.25, 0.3) is 0 Å². The molecule has 1 aromatic carbocycles. The molecule has 0 atom stereocenters. The molecular weight excluding hydrogens is 354 g/mol. The van der Waals surface area contributed by atoms with Crippen LogP contribution in [-0.2, 0) is 13.0 Å². The quantitative estimate of drug-likeness (QED) is 0.750. The Bertz CT molecular complexity index is 840. The summed E-state index contributed by atoms with van der Waals surface area (Å²) in [4.78, 5) is 19.3. The Labute approximate surface area is 142 Å². The number of aryl methyl sites for hydroxylation is 1. The average molecular weight is 370 g/mol. The van der Waals surface area contributed by atoms with Gasteiger partial charge in [-0.05, 0) is 25.1 Å². The van der Waals surface area contributed by atoms with Crippen LogP contribution in [0.15, 0.2) is 41.0 Å². The van der Waals surface area contributed by atoms with E-state index in [9.17, 15) is 0 Å². The predicted molar refractivity (Wildman–Crippen MR) is 93.2 cm³/mol. The Morgan fingerprint density at radius 3 is 2.78 bits per heavy atom. The van der Waals surface area contributed by atoms with Crippen molar-refractivity contribution in [2.45, 2.75) is 19.9 Å². The van der Waals surface area contributed by atoms with E-state index in [1.807, 2.05) is 43.5 Å². The monoisotopic (exact) mass is 369 g/mol. The topological polar surface area (TPSA) is 57.7 Å². The second-order valence-electron chi connectivity index (χ2n) is 5.66. The molecule has 0 spiro atoms. The number of fused-ring (bicyclic) bond motifs is 1. The van der Waals surface area contributed by atoms with Crippen LogP contribution in [0.4, 0.5) is 5.82 Å². The van der Waals surface area contributed by atoms with Crippen LogP contribution in [0.2, 0.25) is 0 Å². The fourth-order valence-corrected chi connectivity index (χ4v) is 3.16. The summed E-state index contributed by atoms with van der Waals surface area (Å²) in [5, 5.41) is 0. The van der Waals surface area contributed by atoms with Crippen molar-refractivity contribution >= 4 is 21.7 Å². The highest BCUT2D eigenvalue weighted by atomic mass is 79.9. The van der Waals surface area contributed by atoms with Gasteiger partial charge in [0.1, 0.15) is 11.6 Å². The molecular formula is C17H16BrN5. The molecule has 23 heavy (non-hydrogen) atoms. The van der Waals surface area contributed by atoms with Gasteiger partial charge in [-0.25, -0.2) is 15.0 Å². The minimum absolute atomic E-state index is 0.751. The van der Waals surface area contributed by atoms with E-state index in [2.05, 4.69) is 35.8 Å². The van der Waals surface area contributed by atoms with Crippen molar-refractivity contribution in [3.05, 3.63) is 58.2 Å². The molecule has 1 N–H and O–H groups in total. The third-order valence-corrected chi connectivity index (χ3v) is 4.55. The van der Waals surface area contributed by atoms with E-state index in [0.29, 0.717) is 0 Å². The molecule has 0 fully saturated rings. The van der Waals surface area contributed by atoms with Crippen molar-refractivity contribution in [1.82, 2.24) is 19.9 Å². The number of imidazole rings is 1. The van der Waals surface area contributed by atoms with E-state index < -0.39 is 0 Å². The van der Waals surface area contributed by atoms with Crippen LogP contribution < -0.4 is 4.90 Å². The van der Waals surface area contributed by atoms with Crippen LogP contribution in [0.3, 0.4) is 0 Å². The fraction of sp³-hybridized carbons (Fsp3) is 0.235. The van der Waals surface area contributed by atoms with Gasteiger partial charge in [-0.1, -0.05) is 28.1 Å². The van der Waals surface area contributed by atoms with Gasteiger partial charge in [-0.3, -0.25) is 0 Å². The summed E-state index contributed by atoms with van der Waals surface area (Å²) in [6, 6.07) is 10.0. The zero-order chi connectivity index (χ0) is 15.8. The van der Waals surface area contributed by atoms with Crippen molar-refractivity contribution in [2.24, 2.45) is 0 Å². The first-order chi connectivity index (χ1) is 11.2. The summed E-state index contributed by atoms with van der Waals surface area (Å²) in [5.74, 6) is 2.69.